The number of fused-ring (bicyclic) bond motifs is 1. The van der Waals surface area contributed by atoms with Gasteiger partial charge in [-0.3, -0.25) is 4.79 Å². The summed E-state index contributed by atoms with van der Waals surface area (Å²) in [6, 6.07) is 8.77. The van der Waals surface area contributed by atoms with E-state index in [0.717, 1.165) is 19.3 Å². The largest absolute Gasteiger partial charge is 0.349 e. The van der Waals surface area contributed by atoms with Crippen molar-refractivity contribution in [2.45, 2.75) is 70.8 Å². The highest BCUT2D eigenvalue weighted by Gasteiger charge is 2.20. The summed E-state index contributed by atoms with van der Waals surface area (Å²) >= 11 is 0. The number of aryl methyl sites for hydroxylation is 1. The zero-order chi connectivity index (χ0) is 14.2. The zero-order valence-corrected chi connectivity index (χ0v) is 12.7. The first-order chi connectivity index (χ1) is 9.81. The zero-order valence-electron chi connectivity index (χ0n) is 12.7. The van der Waals surface area contributed by atoms with Gasteiger partial charge in [0.2, 0.25) is 5.91 Å². The van der Waals surface area contributed by atoms with Crippen molar-refractivity contribution in [3.05, 3.63) is 35.4 Å². The van der Waals surface area contributed by atoms with Gasteiger partial charge in [0.25, 0.3) is 0 Å². The highest BCUT2D eigenvalue weighted by Crippen LogP contribution is 2.29. The van der Waals surface area contributed by atoms with Gasteiger partial charge in [-0.25, -0.2) is 0 Å². The van der Waals surface area contributed by atoms with E-state index in [1.165, 1.54) is 43.2 Å². The molecule has 110 valence electrons. The molecule has 0 aliphatic heterocycles. The van der Waals surface area contributed by atoms with Crippen LogP contribution < -0.4 is 5.32 Å². The number of rotatable bonds is 7. The van der Waals surface area contributed by atoms with Gasteiger partial charge in [-0.05, 0) is 36.8 Å². The van der Waals surface area contributed by atoms with E-state index in [1.54, 1.807) is 0 Å². The minimum Gasteiger partial charge on any atom is -0.349 e. The van der Waals surface area contributed by atoms with Crippen molar-refractivity contribution >= 4 is 5.91 Å². The Balaban J connectivity index is 1.78. The number of nitrogens with one attached hydrogen (secondary N) is 1. The third kappa shape index (κ3) is 4.36. The number of amides is 1. The van der Waals surface area contributed by atoms with Gasteiger partial charge in [0, 0.05) is 6.42 Å². The first-order valence-corrected chi connectivity index (χ1v) is 8.18. The smallest absolute Gasteiger partial charge is 0.220 e. The van der Waals surface area contributed by atoms with E-state index in [9.17, 15) is 4.79 Å². The molecule has 1 aromatic rings. The standard InChI is InChI=1S/C18H27NO/c1-2-3-4-5-6-14-18(20)19-17-13-9-11-15-10-7-8-12-16(15)17/h7-8,10,12,17H,2-6,9,11,13-14H2,1H3,(H,19,20)/t17-/m1/s1. The van der Waals surface area contributed by atoms with Crippen LogP contribution in [0.2, 0.25) is 0 Å². The molecule has 2 nitrogen and oxygen atoms in total. The molecule has 0 bridgehead atoms. The Morgan fingerprint density at radius 3 is 2.85 bits per heavy atom. The molecular formula is C18H27NO. The van der Waals surface area contributed by atoms with Crippen LogP contribution >= 0.6 is 0 Å². The van der Waals surface area contributed by atoms with E-state index in [2.05, 4.69) is 36.5 Å². The minimum atomic E-state index is 0.225. The van der Waals surface area contributed by atoms with Crippen molar-refractivity contribution in [3.63, 3.8) is 0 Å². The summed E-state index contributed by atoms with van der Waals surface area (Å²) in [5.41, 5.74) is 2.74. The third-order valence-corrected chi connectivity index (χ3v) is 4.21. The minimum absolute atomic E-state index is 0.225. The van der Waals surface area contributed by atoms with Crippen LogP contribution in [0.25, 0.3) is 0 Å². The topological polar surface area (TPSA) is 29.1 Å². The molecule has 1 atom stereocenters. The Morgan fingerprint density at radius 2 is 2.00 bits per heavy atom. The molecule has 0 unspecified atom stereocenters. The van der Waals surface area contributed by atoms with Gasteiger partial charge < -0.3 is 5.32 Å². The molecule has 0 heterocycles. The quantitative estimate of drug-likeness (QED) is 0.726. The van der Waals surface area contributed by atoms with Gasteiger partial charge in [0.05, 0.1) is 6.04 Å². The van der Waals surface area contributed by atoms with Gasteiger partial charge in [-0.2, -0.15) is 0 Å². The number of hydrogen-bond acceptors (Lipinski definition) is 1. The lowest BCUT2D eigenvalue weighted by Crippen LogP contribution is -2.30. The number of benzene rings is 1. The van der Waals surface area contributed by atoms with Crippen molar-refractivity contribution in [3.8, 4) is 0 Å². The lowest BCUT2D eigenvalue weighted by molar-refractivity contribution is -0.122. The predicted molar refractivity (Wildman–Crippen MR) is 83.6 cm³/mol. The van der Waals surface area contributed by atoms with Crippen LogP contribution in [0, 0.1) is 0 Å². The van der Waals surface area contributed by atoms with Crippen LogP contribution in [0.15, 0.2) is 24.3 Å². The molecule has 1 amide bonds. The monoisotopic (exact) mass is 273 g/mol. The van der Waals surface area contributed by atoms with Crippen LogP contribution in [0.3, 0.4) is 0 Å². The van der Waals surface area contributed by atoms with Gasteiger partial charge >= 0.3 is 0 Å². The molecule has 1 aromatic carbocycles. The van der Waals surface area contributed by atoms with E-state index in [-0.39, 0.29) is 11.9 Å². The van der Waals surface area contributed by atoms with Crippen molar-refractivity contribution < 1.29 is 4.79 Å². The van der Waals surface area contributed by atoms with Gasteiger partial charge in [-0.1, -0.05) is 56.9 Å². The van der Waals surface area contributed by atoms with E-state index in [0.29, 0.717) is 6.42 Å². The van der Waals surface area contributed by atoms with Crippen LogP contribution in [-0.4, -0.2) is 5.91 Å². The molecule has 0 spiro atoms. The number of carbonyl (C=O) groups excluding carboxylic acids is 1. The summed E-state index contributed by atoms with van der Waals surface area (Å²) in [6.07, 6.45) is 10.1. The molecule has 1 aliphatic rings. The third-order valence-electron chi connectivity index (χ3n) is 4.21. The van der Waals surface area contributed by atoms with Crippen LogP contribution in [0.4, 0.5) is 0 Å². The number of unbranched alkanes of at least 4 members (excludes halogenated alkanes) is 4. The fourth-order valence-corrected chi connectivity index (χ4v) is 3.06. The second-order valence-corrected chi connectivity index (χ2v) is 5.88. The summed E-state index contributed by atoms with van der Waals surface area (Å²) < 4.78 is 0. The summed E-state index contributed by atoms with van der Waals surface area (Å²) in [6.45, 7) is 2.22. The van der Waals surface area contributed by atoms with Crippen molar-refractivity contribution in [1.29, 1.82) is 0 Å². The molecular weight excluding hydrogens is 246 g/mol. The maximum absolute atomic E-state index is 12.0. The molecule has 0 radical (unpaired) electrons. The first kappa shape index (κ1) is 15.1. The van der Waals surface area contributed by atoms with Crippen molar-refractivity contribution in [2.24, 2.45) is 0 Å². The Morgan fingerprint density at radius 1 is 1.20 bits per heavy atom. The van der Waals surface area contributed by atoms with E-state index in [1.807, 2.05) is 0 Å². The van der Waals surface area contributed by atoms with Gasteiger partial charge in [0.15, 0.2) is 0 Å². The molecule has 0 aromatic heterocycles. The lowest BCUT2D eigenvalue weighted by atomic mass is 9.87. The van der Waals surface area contributed by atoms with Crippen LogP contribution in [0.1, 0.15) is 75.5 Å². The SMILES string of the molecule is CCCCCCCC(=O)N[C@@H]1CCCc2ccccc21. The van der Waals surface area contributed by atoms with E-state index < -0.39 is 0 Å². The molecule has 0 saturated heterocycles. The van der Waals surface area contributed by atoms with Crippen molar-refractivity contribution in [1.82, 2.24) is 5.32 Å². The highest BCUT2D eigenvalue weighted by molar-refractivity contribution is 5.76. The normalized spacial score (nSPS) is 17.6. The predicted octanol–water partition coefficient (Wildman–Crippen LogP) is 4.54. The van der Waals surface area contributed by atoms with Crippen LogP contribution in [0.5, 0.6) is 0 Å². The molecule has 2 rings (SSSR count). The molecule has 0 saturated carbocycles. The molecule has 2 heteroatoms. The summed E-state index contributed by atoms with van der Waals surface area (Å²) in [5, 5.41) is 3.23. The van der Waals surface area contributed by atoms with E-state index >= 15 is 0 Å². The van der Waals surface area contributed by atoms with Crippen LogP contribution in [-0.2, 0) is 11.2 Å². The number of carbonyl (C=O) groups is 1. The Hall–Kier alpha value is -1.31. The molecule has 1 N–H and O–H groups in total. The second-order valence-electron chi connectivity index (χ2n) is 5.88. The van der Waals surface area contributed by atoms with E-state index in [4.69, 9.17) is 0 Å². The van der Waals surface area contributed by atoms with Gasteiger partial charge in [0.1, 0.15) is 0 Å². The summed E-state index contributed by atoms with van der Waals surface area (Å²) in [5.74, 6) is 0.225. The fourth-order valence-electron chi connectivity index (χ4n) is 3.06. The average molecular weight is 273 g/mol. The average Bonchev–Trinajstić information content (AvgIpc) is 2.47. The summed E-state index contributed by atoms with van der Waals surface area (Å²) in [4.78, 5) is 12.0. The van der Waals surface area contributed by atoms with Gasteiger partial charge in [-0.15, -0.1) is 0 Å². The van der Waals surface area contributed by atoms with Crippen molar-refractivity contribution in [2.75, 3.05) is 0 Å². The molecule has 20 heavy (non-hydrogen) atoms. The maximum Gasteiger partial charge on any atom is 0.220 e. The summed E-state index contributed by atoms with van der Waals surface area (Å²) in [7, 11) is 0. The molecule has 1 aliphatic carbocycles. The second kappa shape index (κ2) is 8.08. The first-order valence-electron chi connectivity index (χ1n) is 8.18. The Kier molecular flexibility index (Phi) is 6.10. The fraction of sp³-hybridized carbons (Fsp3) is 0.611. The number of hydrogen-bond donors (Lipinski definition) is 1. The Labute approximate surface area is 123 Å². The molecule has 0 fully saturated rings. The lowest BCUT2D eigenvalue weighted by Gasteiger charge is -2.26. The Bertz CT molecular complexity index is 427. The highest BCUT2D eigenvalue weighted by atomic mass is 16.1. The maximum atomic E-state index is 12.0.